The SMILES string of the molecule is c1ccc(N(c2ccc3c(c2)C(c2ccccc2)(c2ccccc2)c2ccccc2-3)c2ccc3cc4c(cc3c2)-c2cc3cc(-n5c6ccccc6c6ccccc65)ccc3cc2-4)cc1. The normalized spacial score (nSPS) is 13.0. The molecule has 0 saturated carbocycles. The second kappa shape index (κ2) is 13.8. The van der Waals surface area contributed by atoms with E-state index < -0.39 is 5.41 Å². The number of para-hydroxylation sites is 3. The molecule has 0 radical (unpaired) electrons. The van der Waals surface area contributed by atoms with Gasteiger partial charge in [0.15, 0.2) is 0 Å². The Morgan fingerprint density at radius 2 is 0.769 bits per heavy atom. The lowest BCUT2D eigenvalue weighted by Gasteiger charge is -2.35. The molecule has 0 aliphatic heterocycles. The van der Waals surface area contributed by atoms with Crippen LogP contribution in [0.5, 0.6) is 0 Å². The Kier molecular flexibility index (Phi) is 7.64. The third kappa shape index (κ3) is 5.17. The van der Waals surface area contributed by atoms with Gasteiger partial charge in [-0.3, -0.25) is 0 Å². The average Bonchev–Trinajstić information content (AvgIpc) is 3.87. The minimum atomic E-state index is -0.486. The highest BCUT2D eigenvalue weighted by molar-refractivity contribution is 6.13. The van der Waals surface area contributed by atoms with Gasteiger partial charge < -0.3 is 9.47 Å². The number of aromatic nitrogens is 1. The highest BCUT2D eigenvalue weighted by atomic mass is 15.1. The first-order chi connectivity index (χ1) is 32.2. The third-order valence-electron chi connectivity index (χ3n) is 14.3. The van der Waals surface area contributed by atoms with Crippen LogP contribution in [-0.2, 0) is 5.41 Å². The molecule has 2 aliphatic carbocycles. The molecule has 0 fully saturated rings. The van der Waals surface area contributed by atoms with Gasteiger partial charge in [-0.05, 0) is 162 Å². The molecule has 0 N–H and O–H groups in total. The number of fused-ring (bicyclic) bond motifs is 12. The molecular weight excluding hydrogens is 785 g/mol. The Hall–Kier alpha value is -8.46. The van der Waals surface area contributed by atoms with E-state index in [0.29, 0.717) is 0 Å². The molecule has 11 aromatic carbocycles. The summed E-state index contributed by atoms with van der Waals surface area (Å²) in [6, 6.07) is 90.1. The Balaban J connectivity index is 0.905. The topological polar surface area (TPSA) is 8.17 Å². The maximum atomic E-state index is 2.46. The second-order valence-electron chi connectivity index (χ2n) is 17.7. The minimum Gasteiger partial charge on any atom is -0.310 e. The molecule has 14 rings (SSSR count). The van der Waals surface area contributed by atoms with Gasteiger partial charge >= 0.3 is 0 Å². The molecule has 0 unspecified atom stereocenters. The van der Waals surface area contributed by atoms with Gasteiger partial charge in [-0.2, -0.15) is 0 Å². The highest BCUT2D eigenvalue weighted by Crippen LogP contribution is 2.57. The molecule has 12 aromatic rings. The van der Waals surface area contributed by atoms with E-state index in [1.807, 2.05) is 0 Å². The largest absolute Gasteiger partial charge is 0.310 e. The van der Waals surface area contributed by atoms with E-state index in [-0.39, 0.29) is 0 Å². The summed E-state index contributed by atoms with van der Waals surface area (Å²) < 4.78 is 2.41. The fourth-order valence-corrected chi connectivity index (χ4v) is 11.5. The number of nitrogens with zero attached hydrogens (tertiary/aromatic N) is 2. The lowest BCUT2D eigenvalue weighted by Crippen LogP contribution is -2.28. The van der Waals surface area contributed by atoms with E-state index in [0.717, 1.165) is 17.1 Å². The van der Waals surface area contributed by atoms with E-state index in [4.69, 9.17) is 0 Å². The Bertz CT molecular complexity index is 3790. The summed E-state index contributed by atoms with van der Waals surface area (Å²) >= 11 is 0. The maximum absolute atomic E-state index is 2.46. The van der Waals surface area contributed by atoms with Crippen molar-refractivity contribution >= 4 is 60.4 Å². The van der Waals surface area contributed by atoms with Crippen LogP contribution in [0.15, 0.2) is 243 Å². The first kappa shape index (κ1) is 36.1. The summed E-state index contributed by atoms with van der Waals surface area (Å²) in [5.41, 5.74) is 19.5. The van der Waals surface area contributed by atoms with Crippen LogP contribution in [0.3, 0.4) is 0 Å². The van der Waals surface area contributed by atoms with Crippen LogP contribution in [0, 0.1) is 0 Å². The molecule has 0 bridgehead atoms. The zero-order chi connectivity index (χ0) is 42.6. The van der Waals surface area contributed by atoms with Crippen LogP contribution < -0.4 is 4.90 Å². The number of hydrogen-bond acceptors (Lipinski definition) is 1. The van der Waals surface area contributed by atoms with Crippen molar-refractivity contribution in [2.24, 2.45) is 0 Å². The van der Waals surface area contributed by atoms with Crippen molar-refractivity contribution in [3.63, 3.8) is 0 Å². The zero-order valence-electron chi connectivity index (χ0n) is 35.5. The predicted octanol–water partition coefficient (Wildman–Crippen LogP) is 16.6. The number of benzene rings is 11. The molecule has 2 aliphatic rings. The lowest BCUT2D eigenvalue weighted by atomic mass is 9.67. The maximum Gasteiger partial charge on any atom is 0.0714 e. The highest BCUT2D eigenvalue weighted by Gasteiger charge is 2.46. The summed E-state index contributed by atoms with van der Waals surface area (Å²) in [6.45, 7) is 0. The molecule has 0 spiro atoms. The predicted molar refractivity (Wildman–Crippen MR) is 272 cm³/mol. The van der Waals surface area contributed by atoms with Crippen molar-refractivity contribution in [1.82, 2.24) is 4.57 Å². The number of anilines is 3. The molecule has 0 amide bonds. The molecule has 2 heteroatoms. The monoisotopic (exact) mass is 824 g/mol. The Morgan fingerprint density at radius 3 is 1.42 bits per heavy atom. The first-order valence-corrected chi connectivity index (χ1v) is 22.6. The summed E-state index contributed by atoms with van der Waals surface area (Å²) in [5.74, 6) is 0. The van der Waals surface area contributed by atoms with Gasteiger partial charge in [0.2, 0.25) is 0 Å². The third-order valence-corrected chi connectivity index (χ3v) is 14.3. The minimum absolute atomic E-state index is 0.486. The quantitative estimate of drug-likeness (QED) is 0.162. The van der Waals surface area contributed by atoms with Crippen LogP contribution in [0.25, 0.3) is 82.4 Å². The summed E-state index contributed by atoms with van der Waals surface area (Å²) in [4.78, 5) is 2.43. The number of rotatable bonds is 6. The van der Waals surface area contributed by atoms with Crippen molar-refractivity contribution in [2.45, 2.75) is 5.41 Å². The van der Waals surface area contributed by atoms with Gasteiger partial charge in [-0.25, -0.2) is 0 Å². The Labute approximate surface area is 377 Å². The van der Waals surface area contributed by atoms with E-state index in [1.54, 1.807) is 0 Å². The Morgan fingerprint density at radius 1 is 0.292 bits per heavy atom. The van der Waals surface area contributed by atoms with Crippen LogP contribution in [-0.4, -0.2) is 4.57 Å². The smallest absolute Gasteiger partial charge is 0.0714 e. The molecule has 0 saturated heterocycles. The van der Waals surface area contributed by atoms with Crippen LogP contribution >= 0.6 is 0 Å². The second-order valence-corrected chi connectivity index (χ2v) is 17.7. The fraction of sp³-hybridized carbons (Fsp3) is 0.0159. The van der Waals surface area contributed by atoms with Crippen molar-refractivity contribution < 1.29 is 0 Å². The van der Waals surface area contributed by atoms with Crippen LogP contribution in [0.1, 0.15) is 22.3 Å². The van der Waals surface area contributed by atoms with E-state index in [2.05, 4.69) is 252 Å². The summed E-state index contributed by atoms with van der Waals surface area (Å²) in [7, 11) is 0. The van der Waals surface area contributed by atoms with Gasteiger partial charge in [0.1, 0.15) is 0 Å². The van der Waals surface area contributed by atoms with Crippen LogP contribution in [0.4, 0.5) is 17.1 Å². The fourth-order valence-electron chi connectivity index (χ4n) is 11.5. The van der Waals surface area contributed by atoms with E-state index in [1.165, 1.54) is 105 Å². The van der Waals surface area contributed by atoms with Gasteiger partial charge in [0.05, 0.1) is 16.4 Å². The van der Waals surface area contributed by atoms with Crippen molar-refractivity contribution in [3.8, 4) is 39.1 Å². The zero-order valence-corrected chi connectivity index (χ0v) is 35.5. The van der Waals surface area contributed by atoms with Gasteiger partial charge in [-0.15, -0.1) is 0 Å². The summed E-state index contributed by atoms with van der Waals surface area (Å²) in [5, 5.41) is 7.53. The first-order valence-electron chi connectivity index (χ1n) is 22.6. The molecule has 302 valence electrons. The van der Waals surface area contributed by atoms with Crippen LogP contribution in [0.2, 0.25) is 0 Å². The summed E-state index contributed by atoms with van der Waals surface area (Å²) in [6.07, 6.45) is 0. The molecule has 1 aromatic heterocycles. The average molecular weight is 825 g/mol. The molecular formula is C63H40N2. The van der Waals surface area contributed by atoms with Gasteiger partial charge in [-0.1, -0.05) is 158 Å². The molecule has 65 heavy (non-hydrogen) atoms. The van der Waals surface area contributed by atoms with Crippen molar-refractivity contribution in [2.75, 3.05) is 4.90 Å². The van der Waals surface area contributed by atoms with E-state index >= 15 is 0 Å². The van der Waals surface area contributed by atoms with Gasteiger partial charge in [0, 0.05) is 33.5 Å². The molecule has 2 nitrogen and oxygen atoms in total. The van der Waals surface area contributed by atoms with Crippen molar-refractivity contribution in [1.29, 1.82) is 0 Å². The number of hydrogen-bond donors (Lipinski definition) is 0. The van der Waals surface area contributed by atoms with E-state index in [9.17, 15) is 0 Å². The van der Waals surface area contributed by atoms with Crippen molar-refractivity contribution in [3.05, 3.63) is 265 Å². The molecule has 0 atom stereocenters. The molecule has 1 heterocycles. The standard InChI is InChI=1S/C63H40N2/c1-4-16-45(17-5-1)63(46-18-6-2-7-19-46)59-25-13-10-22-51(59)52-33-32-50(40-60(52)63)64(47-20-8-3-9-21-47)48-30-28-41-36-55-56-37-42-29-31-49(35-44(42)39-58(56)57(55)38-43(41)34-48)65-61-26-14-11-23-53(61)54-24-12-15-27-62(54)65/h1-40H. The lowest BCUT2D eigenvalue weighted by molar-refractivity contribution is 0.768. The van der Waals surface area contributed by atoms with Gasteiger partial charge in [0.25, 0.3) is 0 Å².